The van der Waals surface area contributed by atoms with Crippen LogP contribution < -0.4 is 0 Å². The van der Waals surface area contributed by atoms with E-state index in [1.807, 2.05) is 0 Å². The van der Waals surface area contributed by atoms with Gasteiger partial charge in [0, 0.05) is 0 Å². The largest absolute Gasteiger partial charge is 0.508 e. The van der Waals surface area contributed by atoms with Crippen LogP contribution in [0.5, 0.6) is 0 Å². The summed E-state index contributed by atoms with van der Waals surface area (Å²) in [5.41, 5.74) is 0. The van der Waals surface area contributed by atoms with Gasteiger partial charge in [-0.15, -0.1) is 0 Å². The molecular weight excluding hydrogens is 336 g/mol. The van der Waals surface area contributed by atoms with Crippen LogP contribution in [0.15, 0.2) is 0 Å². The summed E-state index contributed by atoms with van der Waals surface area (Å²) in [6.07, 6.45) is 13.5. The minimum atomic E-state index is -0.538. The number of rotatable bonds is 0. The van der Waals surface area contributed by atoms with Gasteiger partial charge in [-0.05, 0) is 25.7 Å². The van der Waals surface area contributed by atoms with Crippen LogP contribution >= 0.6 is 0 Å². The van der Waals surface area contributed by atoms with E-state index in [1.165, 1.54) is 12.8 Å². The highest BCUT2D eigenvalue weighted by atomic mass is 16.7. The molecule has 1 aliphatic rings. The van der Waals surface area contributed by atoms with Crippen LogP contribution in [0.1, 0.15) is 89.9 Å². The van der Waals surface area contributed by atoms with E-state index >= 15 is 0 Å². The quantitative estimate of drug-likeness (QED) is 0.503. The molecule has 0 unspecified atom stereocenters. The lowest BCUT2D eigenvalue weighted by Crippen LogP contribution is -2.10. The summed E-state index contributed by atoms with van der Waals surface area (Å²) in [7, 11) is 0. The minimum Gasteiger partial charge on any atom is -0.434 e. The molecule has 0 spiro atoms. The summed E-state index contributed by atoms with van der Waals surface area (Å²) in [4.78, 5) is 22.8. The highest BCUT2D eigenvalue weighted by Gasteiger charge is 2.05. The Balaban J connectivity index is 2.15. The normalized spacial score (nSPS) is 22.0. The second-order valence-corrected chi connectivity index (χ2v) is 6.84. The fourth-order valence-electron chi connectivity index (χ4n) is 2.88. The van der Waals surface area contributed by atoms with Crippen LogP contribution in [0.3, 0.4) is 0 Å². The lowest BCUT2D eigenvalue weighted by atomic mass is 10.1. The van der Waals surface area contributed by atoms with Crippen LogP contribution in [-0.2, 0) is 18.9 Å². The number of hydrogen-bond donors (Lipinski definition) is 0. The molecule has 1 heterocycles. The predicted molar refractivity (Wildman–Crippen MR) is 99.2 cm³/mol. The summed E-state index contributed by atoms with van der Waals surface area (Å²) in [5.74, 6) is 0. The first-order valence-corrected chi connectivity index (χ1v) is 10.4. The maximum Gasteiger partial charge on any atom is 0.508 e. The van der Waals surface area contributed by atoms with Gasteiger partial charge in [-0.1, -0.05) is 64.2 Å². The van der Waals surface area contributed by atoms with Gasteiger partial charge in [0.15, 0.2) is 0 Å². The van der Waals surface area contributed by atoms with Crippen molar-refractivity contribution in [2.75, 3.05) is 26.4 Å². The van der Waals surface area contributed by atoms with Crippen molar-refractivity contribution in [2.24, 2.45) is 0 Å². The summed E-state index contributed by atoms with van der Waals surface area (Å²) < 4.78 is 20.3. The van der Waals surface area contributed by atoms with Gasteiger partial charge >= 0.3 is 12.3 Å². The Morgan fingerprint density at radius 1 is 0.346 bits per heavy atom. The third kappa shape index (κ3) is 14.8. The van der Waals surface area contributed by atoms with Crippen molar-refractivity contribution in [3.8, 4) is 0 Å². The van der Waals surface area contributed by atoms with Crippen molar-refractivity contribution in [1.29, 1.82) is 0 Å². The zero-order chi connectivity index (χ0) is 18.7. The predicted octanol–water partition coefficient (Wildman–Crippen LogP) is 5.77. The van der Waals surface area contributed by atoms with Crippen LogP contribution in [0.25, 0.3) is 0 Å². The molecule has 1 fully saturated rings. The molecule has 0 amide bonds. The van der Waals surface area contributed by atoms with Crippen LogP contribution in [0.2, 0.25) is 0 Å². The average Bonchev–Trinajstić information content (AvgIpc) is 2.63. The zero-order valence-electron chi connectivity index (χ0n) is 16.2. The monoisotopic (exact) mass is 372 g/mol. The smallest absolute Gasteiger partial charge is 0.434 e. The molecule has 0 aromatic heterocycles. The Labute approximate surface area is 157 Å². The Morgan fingerprint density at radius 3 is 0.769 bits per heavy atom. The van der Waals surface area contributed by atoms with Gasteiger partial charge < -0.3 is 18.9 Å². The molecule has 0 bridgehead atoms. The van der Waals surface area contributed by atoms with Crippen molar-refractivity contribution < 1.29 is 28.5 Å². The summed E-state index contributed by atoms with van der Waals surface area (Å²) in [5, 5.41) is 0. The molecule has 26 heavy (non-hydrogen) atoms. The Hall–Kier alpha value is -1.46. The van der Waals surface area contributed by atoms with Crippen molar-refractivity contribution in [3.05, 3.63) is 0 Å². The van der Waals surface area contributed by atoms with Crippen molar-refractivity contribution in [1.82, 2.24) is 0 Å². The first kappa shape index (κ1) is 22.6. The fourth-order valence-corrected chi connectivity index (χ4v) is 2.88. The van der Waals surface area contributed by atoms with E-state index in [2.05, 4.69) is 0 Å². The molecule has 0 aromatic rings. The van der Waals surface area contributed by atoms with Gasteiger partial charge in [-0.3, -0.25) is 0 Å². The van der Waals surface area contributed by atoms with Crippen LogP contribution in [-0.4, -0.2) is 38.7 Å². The first-order chi connectivity index (χ1) is 12.8. The zero-order valence-corrected chi connectivity index (χ0v) is 16.2. The third-order valence-corrected chi connectivity index (χ3v) is 4.46. The summed E-state index contributed by atoms with van der Waals surface area (Å²) in [6, 6.07) is 0. The number of cyclic esters (lactones) is 4. The number of hydrogen-bond acceptors (Lipinski definition) is 6. The van der Waals surface area contributed by atoms with Gasteiger partial charge in [-0.2, -0.15) is 0 Å². The number of carbonyl (C=O) groups is 2. The maximum absolute atomic E-state index is 11.4. The molecule has 6 heteroatoms. The average molecular weight is 373 g/mol. The van der Waals surface area contributed by atoms with Crippen LogP contribution in [0, 0.1) is 0 Å². The SMILES string of the molecule is O=C1OCCCCCCCCCCOC(=O)OCCCCCCCCO1. The Morgan fingerprint density at radius 2 is 0.538 bits per heavy atom. The summed E-state index contributed by atoms with van der Waals surface area (Å²) >= 11 is 0. The van der Waals surface area contributed by atoms with E-state index in [1.54, 1.807) is 0 Å². The molecule has 1 rings (SSSR count). The molecule has 0 aromatic carbocycles. The van der Waals surface area contributed by atoms with E-state index in [9.17, 15) is 9.59 Å². The molecule has 0 saturated carbocycles. The van der Waals surface area contributed by atoms with Gasteiger partial charge in [0.1, 0.15) is 0 Å². The fraction of sp³-hybridized carbons (Fsp3) is 0.900. The molecule has 0 N–H and O–H groups in total. The van der Waals surface area contributed by atoms with E-state index in [0.29, 0.717) is 26.4 Å². The number of carbonyl (C=O) groups excluding carboxylic acids is 2. The molecule has 0 atom stereocenters. The number of ether oxygens (including phenoxy) is 4. The molecule has 1 saturated heterocycles. The Kier molecular flexibility index (Phi) is 14.7. The lowest BCUT2D eigenvalue weighted by molar-refractivity contribution is 0.0511. The topological polar surface area (TPSA) is 71.1 Å². The van der Waals surface area contributed by atoms with Gasteiger partial charge in [-0.25, -0.2) is 9.59 Å². The lowest BCUT2D eigenvalue weighted by Gasteiger charge is -2.08. The summed E-state index contributed by atoms with van der Waals surface area (Å²) in [6.45, 7) is 1.75. The minimum absolute atomic E-state index is 0.424. The van der Waals surface area contributed by atoms with E-state index in [4.69, 9.17) is 18.9 Å². The molecule has 0 radical (unpaired) electrons. The van der Waals surface area contributed by atoms with Gasteiger partial charge in [0.05, 0.1) is 26.4 Å². The molecular formula is C20H36O6. The standard InChI is InChI=1S/C20H36O6/c21-19-23-15-11-7-3-1-2-4-8-12-16-24-20(22)26-18-14-10-6-5-9-13-17-25-19/h1-18H2. The van der Waals surface area contributed by atoms with Gasteiger partial charge in [0.25, 0.3) is 0 Å². The van der Waals surface area contributed by atoms with Crippen molar-refractivity contribution in [2.45, 2.75) is 89.9 Å². The van der Waals surface area contributed by atoms with Crippen molar-refractivity contribution >= 4 is 12.3 Å². The van der Waals surface area contributed by atoms with Gasteiger partial charge in [0.2, 0.25) is 0 Å². The second-order valence-electron chi connectivity index (χ2n) is 6.84. The highest BCUT2D eigenvalue weighted by Crippen LogP contribution is 2.10. The molecule has 0 aliphatic carbocycles. The molecule has 1 aliphatic heterocycles. The second kappa shape index (κ2) is 17.0. The van der Waals surface area contributed by atoms with E-state index < -0.39 is 12.3 Å². The maximum atomic E-state index is 11.4. The van der Waals surface area contributed by atoms with Crippen molar-refractivity contribution in [3.63, 3.8) is 0 Å². The first-order valence-electron chi connectivity index (χ1n) is 10.4. The molecule has 152 valence electrons. The van der Waals surface area contributed by atoms with Crippen LogP contribution in [0.4, 0.5) is 9.59 Å². The molecule has 6 nitrogen and oxygen atoms in total. The van der Waals surface area contributed by atoms with E-state index in [-0.39, 0.29) is 0 Å². The third-order valence-electron chi connectivity index (χ3n) is 4.46. The van der Waals surface area contributed by atoms with E-state index in [0.717, 1.165) is 77.0 Å². The Bertz CT molecular complexity index is 324. The highest BCUT2D eigenvalue weighted by molar-refractivity contribution is 5.60.